The van der Waals surface area contributed by atoms with E-state index in [2.05, 4.69) is 4.98 Å². The molecule has 3 rings (SSSR count). The maximum absolute atomic E-state index is 12.7. The number of aromatic amines is 1. The van der Waals surface area contributed by atoms with Crippen LogP contribution in [0.25, 0.3) is 22.2 Å². The predicted molar refractivity (Wildman–Crippen MR) is 93.3 cm³/mol. The minimum Gasteiger partial charge on any atom is -0.497 e. The second-order valence-electron chi connectivity index (χ2n) is 5.49. The Morgan fingerprint density at radius 2 is 1.83 bits per heavy atom. The third kappa shape index (κ3) is 2.78. The van der Waals surface area contributed by atoms with Crippen molar-refractivity contribution in [3.8, 4) is 17.0 Å². The molecule has 1 heterocycles. The molecule has 2 aromatic carbocycles. The normalized spacial score (nSPS) is 10.8. The number of nitrogens with zero attached hydrogens (tertiary/aromatic N) is 1. The van der Waals surface area contributed by atoms with Gasteiger partial charge in [-0.25, -0.2) is 0 Å². The third-order valence-electron chi connectivity index (χ3n) is 3.76. The number of benzene rings is 2. The van der Waals surface area contributed by atoms with Crippen molar-refractivity contribution in [1.29, 1.82) is 0 Å². The molecule has 4 nitrogen and oxygen atoms in total. The molecule has 0 unspecified atom stereocenters. The molecule has 1 aromatic heterocycles. The molecule has 118 valence electrons. The number of fused-ring (bicyclic) bond motifs is 1. The van der Waals surface area contributed by atoms with Gasteiger partial charge in [-0.1, -0.05) is 11.6 Å². The van der Waals surface area contributed by atoms with Crippen LogP contribution < -0.4 is 4.74 Å². The predicted octanol–water partition coefficient (Wildman–Crippen LogP) is 4.20. The smallest absolute Gasteiger partial charge is 0.256 e. The number of hydrogen-bond donors (Lipinski definition) is 1. The number of methoxy groups -OCH3 is 1. The lowest BCUT2D eigenvalue weighted by Gasteiger charge is -2.12. The van der Waals surface area contributed by atoms with Gasteiger partial charge in [0.15, 0.2) is 0 Å². The highest BCUT2D eigenvalue weighted by atomic mass is 35.5. The van der Waals surface area contributed by atoms with Crippen molar-refractivity contribution in [2.45, 2.75) is 0 Å². The highest BCUT2D eigenvalue weighted by molar-refractivity contribution is 6.31. The molecule has 0 spiro atoms. The summed E-state index contributed by atoms with van der Waals surface area (Å²) >= 11 is 6.11. The van der Waals surface area contributed by atoms with Gasteiger partial charge in [-0.2, -0.15) is 0 Å². The largest absolute Gasteiger partial charge is 0.497 e. The number of amides is 1. The molecule has 0 aliphatic rings. The third-order valence-corrected chi connectivity index (χ3v) is 3.99. The van der Waals surface area contributed by atoms with Crippen LogP contribution in [0.3, 0.4) is 0 Å². The van der Waals surface area contributed by atoms with Crippen LogP contribution in [0, 0.1) is 0 Å². The van der Waals surface area contributed by atoms with Crippen molar-refractivity contribution < 1.29 is 9.53 Å². The highest BCUT2D eigenvalue weighted by Crippen LogP contribution is 2.33. The van der Waals surface area contributed by atoms with Crippen LogP contribution in [0.5, 0.6) is 5.75 Å². The van der Waals surface area contributed by atoms with Gasteiger partial charge in [-0.15, -0.1) is 0 Å². The number of carbonyl (C=O) groups is 1. The van der Waals surface area contributed by atoms with Crippen LogP contribution in [0.4, 0.5) is 0 Å². The molecule has 5 heteroatoms. The van der Waals surface area contributed by atoms with Crippen LogP contribution in [0.2, 0.25) is 5.02 Å². The Hall–Kier alpha value is -2.46. The van der Waals surface area contributed by atoms with Crippen LogP contribution in [0.1, 0.15) is 10.4 Å². The molecule has 0 aliphatic heterocycles. The van der Waals surface area contributed by atoms with E-state index in [0.29, 0.717) is 10.6 Å². The molecule has 0 atom stereocenters. The molecule has 1 amide bonds. The summed E-state index contributed by atoms with van der Waals surface area (Å²) in [6.07, 6.45) is 0. The van der Waals surface area contributed by atoms with Gasteiger partial charge in [-0.3, -0.25) is 4.79 Å². The van der Waals surface area contributed by atoms with Gasteiger partial charge in [0, 0.05) is 30.0 Å². The molecule has 0 radical (unpaired) electrons. The molecule has 3 aromatic rings. The molecule has 0 saturated carbocycles. The van der Waals surface area contributed by atoms with E-state index in [4.69, 9.17) is 16.3 Å². The van der Waals surface area contributed by atoms with Crippen molar-refractivity contribution in [1.82, 2.24) is 9.88 Å². The Morgan fingerprint density at radius 1 is 1.13 bits per heavy atom. The summed E-state index contributed by atoms with van der Waals surface area (Å²) in [5, 5.41) is 1.42. The first kappa shape index (κ1) is 15.4. The Labute approximate surface area is 139 Å². The van der Waals surface area contributed by atoms with E-state index in [1.807, 2.05) is 42.5 Å². The quantitative estimate of drug-likeness (QED) is 0.783. The SMILES string of the molecule is COc1ccc(-c2[nH]c3ccc(Cl)cc3c2C(=O)N(C)C)cc1. The molecule has 1 N–H and O–H groups in total. The van der Waals surface area contributed by atoms with Gasteiger partial charge in [-0.05, 0) is 48.0 Å². The summed E-state index contributed by atoms with van der Waals surface area (Å²) in [5.74, 6) is 0.706. The highest BCUT2D eigenvalue weighted by Gasteiger charge is 2.21. The molecular weight excluding hydrogens is 312 g/mol. The Balaban J connectivity index is 2.26. The van der Waals surface area contributed by atoms with Crippen molar-refractivity contribution in [3.63, 3.8) is 0 Å². The van der Waals surface area contributed by atoms with Crippen LogP contribution in [-0.4, -0.2) is 37.0 Å². The van der Waals surface area contributed by atoms with Gasteiger partial charge in [0.2, 0.25) is 0 Å². The zero-order valence-electron chi connectivity index (χ0n) is 13.2. The van der Waals surface area contributed by atoms with Crippen molar-refractivity contribution in [2.24, 2.45) is 0 Å². The zero-order valence-corrected chi connectivity index (χ0v) is 13.9. The average Bonchev–Trinajstić information content (AvgIpc) is 2.92. The van der Waals surface area contributed by atoms with Gasteiger partial charge >= 0.3 is 0 Å². The fraction of sp³-hybridized carbons (Fsp3) is 0.167. The van der Waals surface area contributed by atoms with E-state index in [-0.39, 0.29) is 5.91 Å². The fourth-order valence-electron chi connectivity index (χ4n) is 2.58. The number of nitrogens with one attached hydrogen (secondary N) is 1. The molecule has 0 fully saturated rings. The minimum atomic E-state index is -0.0654. The molecular formula is C18H17ClN2O2. The minimum absolute atomic E-state index is 0.0654. The lowest BCUT2D eigenvalue weighted by molar-refractivity contribution is 0.0830. The standard InChI is InChI=1S/C18H17ClN2O2/c1-21(2)18(22)16-14-10-12(19)6-9-15(14)20-17(16)11-4-7-13(23-3)8-5-11/h4-10,20H,1-3H3. The van der Waals surface area contributed by atoms with E-state index < -0.39 is 0 Å². The summed E-state index contributed by atoms with van der Waals surface area (Å²) < 4.78 is 5.19. The number of aromatic nitrogens is 1. The molecule has 0 bridgehead atoms. The Kier molecular flexibility index (Phi) is 4.01. The second kappa shape index (κ2) is 5.97. The van der Waals surface area contributed by atoms with E-state index >= 15 is 0 Å². The van der Waals surface area contributed by atoms with Gasteiger partial charge in [0.1, 0.15) is 5.75 Å². The van der Waals surface area contributed by atoms with Crippen LogP contribution in [0.15, 0.2) is 42.5 Å². The Morgan fingerprint density at radius 3 is 2.43 bits per heavy atom. The number of hydrogen-bond acceptors (Lipinski definition) is 2. The van der Waals surface area contributed by atoms with Crippen molar-refractivity contribution >= 4 is 28.4 Å². The number of rotatable bonds is 3. The lowest BCUT2D eigenvalue weighted by atomic mass is 10.0. The van der Waals surface area contributed by atoms with Crippen LogP contribution >= 0.6 is 11.6 Å². The summed E-state index contributed by atoms with van der Waals surface area (Å²) in [5.41, 5.74) is 3.20. The topological polar surface area (TPSA) is 45.3 Å². The summed E-state index contributed by atoms with van der Waals surface area (Å²) in [4.78, 5) is 17.6. The summed E-state index contributed by atoms with van der Waals surface area (Å²) in [7, 11) is 5.11. The second-order valence-corrected chi connectivity index (χ2v) is 5.93. The number of carbonyl (C=O) groups excluding carboxylic acids is 1. The first-order valence-electron chi connectivity index (χ1n) is 7.18. The van der Waals surface area contributed by atoms with Crippen molar-refractivity contribution in [2.75, 3.05) is 21.2 Å². The molecule has 23 heavy (non-hydrogen) atoms. The maximum atomic E-state index is 12.7. The summed E-state index contributed by atoms with van der Waals surface area (Å²) in [6, 6.07) is 13.1. The Bertz CT molecular complexity index is 867. The monoisotopic (exact) mass is 328 g/mol. The fourth-order valence-corrected chi connectivity index (χ4v) is 2.76. The van der Waals surface area contributed by atoms with E-state index in [0.717, 1.165) is 27.9 Å². The average molecular weight is 329 g/mol. The molecule has 0 aliphatic carbocycles. The van der Waals surface area contributed by atoms with Gasteiger partial charge in [0.05, 0.1) is 18.4 Å². The maximum Gasteiger partial charge on any atom is 0.256 e. The van der Waals surface area contributed by atoms with Gasteiger partial charge in [0.25, 0.3) is 5.91 Å². The van der Waals surface area contributed by atoms with E-state index in [1.54, 1.807) is 26.1 Å². The zero-order chi connectivity index (χ0) is 16.6. The van der Waals surface area contributed by atoms with E-state index in [1.165, 1.54) is 0 Å². The van der Waals surface area contributed by atoms with Crippen molar-refractivity contribution in [3.05, 3.63) is 53.1 Å². The number of halogens is 1. The van der Waals surface area contributed by atoms with Gasteiger partial charge < -0.3 is 14.6 Å². The summed E-state index contributed by atoms with van der Waals surface area (Å²) in [6.45, 7) is 0. The lowest BCUT2D eigenvalue weighted by Crippen LogP contribution is -2.22. The first-order chi connectivity index (χ1) is 11.0. The first-order valence-corrected chi connectivity index (χ1v) is 7.56. The van der Waals surface area contributed by atoms with E-state index in [9.17, 15) is 4.79 Å². The number of H-pyrrole nitrogens is 1. The molecule has 0 saturated heterocycles. The number of ether oxygens (including phenoxy) is 1. The van der Waals surface area contributed by atoms with Crippen LogP contribution in [-0.2, 0) is 0 Å².